The number of aromatic carboxylic acids is 1. The van der Waals surface area contributed by atoms with E-state index in [2.05, 4.69) is 15.3 Å². The molecule has 0 unspecified atom stereocenters. The average molecular weight is 310 g/mol. The number of fused-ring (bicyclic) bond motifs is 1. The van der Waals surface area contributed by atoms with Gasteiger partial charge in [0.1, 0.15) is 5.69 Å². The van der Waals surface area contributed by atoms with Gasteiger partial charge in [-0.1, -0.05) is 0 Å². The molecule has 8 heteroatoms. The number of carboxylic acids is 1. The molecule has 3 rings (SSSR count). The highest BCUT2D eigenvalue weighted by Gasteiger charge is 2.10. The summed E-state index contributed by atoms with van der Waals surface area (Å²) >= 11 is 0. The van der Waals surface area contributed by atoms with Crippen LogP contribution in [0, 0.1) is 10.1 Å². The van der Waals surface area contributed by atoms with E-state index in [1.807, 2.05) is 0 Å². The normalized spacial score (nSPS) is 10.4. The Labute approximate surface area is 129 Å². The van der Waals surface area contributed by atoms with Crippen LogP contribution in [0.25, 0.3) is 10.9 Å². The second-order valence-corrected chi connectivity index (χ2v) is 4.68. The molecule has 23 heavy (non-hydrogen) atoms. The number of anilines is 2. The number of non-ortho nitro benzene ring substituents is 1. The zero-order valence-electron chi connectivity index (χ0n) is 11.6. The summed E-state index contributed by atoms with van der Waals surface area (Å²) in [5.74, 6) is -1.11. The first-order valence-corrected chi connectivity index (χ1v) is 6.54. The lowest BCUT2D eigenvalue weighted by molar-refractivity contribution is -0.384. The average Bonchev–Trinajstić information content (AvgIpc) is 2.55. The van der Waals surface area contributed by atoms with Gasteiger partial charge < -0.3 is 10.4 Å². The molecule has 0 aliphatic rings. The zero-order valence-corrected chi connectivity index (χ0v) is 11.6. The summed E-state index contributed by atoms with van der Waals surface area (Å²) in [5, 5.41) is 23.4. The Hall–Kier alpha value is -3.55. The minimum atomic E-state index is -1.11. The fraction of sp³-hybridized carbons (Fsp3) is 0. The predicted molar refractivity (Wildman–Crippen MR) is 82.9 cm³/mol. The molecular formula is C15H10N4O4. The van der Waals surface area contributed by atoms with Gasteiger partial charge in [0.2, 0.25) is 0 Å². The van der Waals surface area contributed by atoms with Crippen molar-refractivity contribution < 1.29 is 14.8 Å². The summed E-state index contributed by atoms with van der Waals surface area (Å²) in [6, 6.07) is 9.02. The molecule has 0 atom stereocenters. The lowest BCUT2D eigenvalue weighted by Crippen LogP contribution is -2.00. The lowest BCUT2D eigenvalue weighted by Gasteiger charge is -2.09. The molecule has 0 aliphatic carbocycles. The van der Waals surface area contributed by atoms with Crippen molar-refractivity contribution >= 4 is 33.9 Å². The third-order valence-electron chi connectivity index (χ3n) is 3.20. The van der Waals surface area contributed by atoms with Gasteiger partial charge in [-0.15, -0.1) is 0 Å². The smallest absolute Gasteiger partial charge is 0.354 e. The minimum absolute atomic E-state index is 0.0344. The molecule has 0 amide bonds. The van der Waals surface area contributed by atoms with Crippen LogP contribution in [0.3, 0.4) is 0 Å². The van der Waals surface area contributed by atoms with Crippen LogP contribution in [0.4, 0.5) is 17.1 Å². The number of aromatic nitrogens is 2. The predicted octanol–water partition coefficient (Wildman–Crippen LogP) is 2.98. The third-order valence-corrected chi connectivity index (χ3v) is 3.20. The molecule has 2 heterocycles. The van der Waals surface area contributed by atoms with E-state index in [0.29, 0.717) is 22.3 Å². The number of nitro groups is 1. The fourth-order valence-electron chi connectivity index (χ4n) is 2.11. The number of rotatable bonds is 4. The first-order chi connectivity index (χ1) is 11.0. The van der Waals surface area contributed by atoms with Crippen molar-refractivity contribution in [2.45, 2.75) is 0 Å². The number of nitrogens with zero attached hydrogens (tertiary/aromatic N) is 3. The summed E-state index contributed by atoms with van der Waals surface area (Å²) in [5.41, 5.74) is 1.69. The third kappa shape index (κ3) is 2.91. The molecule has 0 spiro atoms. The van der Waals surface area contributed by atoms with Gasteiger partial charge in [-0.05, 0) is 24.3 Å². The quantitative estimate of drug-likeness (QED) is 0.561. The molecule has 0 aliphatic heterocycles. The maximum atomic E-state index is 10.9. The van der Waals surface area contributed by atoms with Crippen molar-refractivity contribution in [1.29, 1.82) is 0 Å². The number of pyridine rings is 2. The minimum Gasteiger partial charge on any atom is -0.477 e. The largest absolute Gasteiger partial charge is 0.477 e. The zero-order chi connectivity index (χ0) is 16.4. The fourth-order valence-corrected chi connectivity index (χ4v) is 2.11. The summed E-state index contributed by atoms with van der Waals surface area (Å²) in [6.45, 7) is 0. The second kappa shape index (κ2) is 5.68. The van der Waals surface area contributed by atoms with Gasteiger partial charge in [-0.2, -0.15) is 0 Å². The van der Waals surface area contributed by atoms with Crippen LogP contribution in [0.1, 0.15) is 10.5 Å². The van der Waals surface area contributed by atoms with Crippen molar-refractivity contribution in [3.05, 3.63) is 64.6 Å². The maximum Gasteiger partial charge on any atom is 0.354 e. The highest BCUT2D eigenvalue weighted by atomic mass is 16.6. The molecule has 0 bridgehead atoms. The van der Waals surface area contributed by atoms with Crippen LogP contribution in [0.15, 0.2) is 48.8 Å². The van der Waals surface area contributed by atoms with E-state index in [1.165, 1.54) is 24.4 Å². The molecule has 0 fully saturated rings. The standard InChI is InChI=1S/C15H10N4O4/c20-15(21)14-3-1-9(8-17-14)18-13-5-6-16-12-4-2-10(19(22)23)7-11(12)13/h1-8H,(H,16,18)(H,20,21). The molecule has 3 aromatic rings. The van der Waals surface area contributed by atoms with E-state index in [9.17, 15) is 14.9 Å². The van der Waals surface area contributed by atoms with Crippen molar-refractivity contribution in [1.82, 2.24) is 9.97 Å². The van der Waals surface area contributed by atoms with E-state index < -0.39 is 10.9 Å². The number of nitrogens with one attached hydrogen (secondary N) is 1. The molecule has 1 aromatic carbocycles. The van der Waals surface area contributed by atoms with Gasteiger partial charge in [0, 0.05) is 29.4 Å². The van der Waals surface area contributed by atoms with Crippen LogP contribution in [-0.2, 0) is 0 Å². The van der Waals surface area contributed by atoms with Crippen LogP contribution < -0.4 is 5.32 Å². The van der Waals surface area contributed by atoms with Gasteiger partial charge in [-0.3, -0.25) is 15.1 Å². The topological polar surface area (TPSA) is 118 Å². The van der Waals surface area contributed by atoms with E-state index in [1.54, 1.807) is 24.4 Å². The van der Waals surface area contributed by atoms with Crippen molar-refractivity contribution in [2.24, 2.45) is 0 Å². The summed E-state index contributed by atoms with van der Waals surface area (Å²) in [6.07, 6.45) is 2.96. The molecule has 0 saturated carbocycles. The molecule has 8 nitrogen and oxygen atoms in total. The second-order valence-electron chi connectivity index (χ2n) is 4.68. The first-order valence-electron chi connectivity index (χ1n) is 6.54. The van der Waals surface area contributed by atoms with Gasteiger partial charge in [0.15, 0.2) is 0 Å². The molecule has 0 radical (unpaired) electrons. The highest BCUT2D eigenvalue weighted by molar-refractivity contribution is 5.94. The van der Waals surface area contributed by atoms with Crippen LogP contribution in [-0.4, -0.2) is 26.0 Å². The van der Waals surface area contributed by atoms with Gasteiger partial charge >= 0.3 is 5.97 Å². The first kappa shape index (κ1) is 14.4. The maximum absolute atomic E-state index is 10.9. The number of carboxylic acid groups (broad SMARTS) is 1. The molecule has 0 saturated heterocycles. The van der Waals surface area contributed by atoms with Gasteiger partial charge in [0.25, 0.3) is 5.69 Å². The molecule has 114 valence electrons. The van der Waals surface area contributed by atoms with Crippen molar-refractivity contribution in [3.8, 4) is 0 Å². The Bertz CT molecular complexity index is 909. The van der Waals surface area contributed by atoms with Gasteiger partial charge in [0.05, 0.1) is 22.3 Å². The Morgan fingerprint density at radius 2 is 2.00 bits per heavy atom. The van der Waals surface area contributed by atoms with Crippen molar-refractivity contribution in [3.63, 3.8) is 0 Å². The van der Waals surface area contributed by atoms with Crippen molar-refractivity contribution in [2.75, 3.05) is 5.32 Å². The Balaban J connectivity index is 2.00. The van der Waals surface area contributed by atoms with E-state index >= 15 is 0 Å². The number of hydrogen-bond acceptors (Lipinski definition) is 6. The Morgan fingerprint density at radius 1 is 1.17 bits per heavy atom. The SMILES string of the molecule is O=C(O)c1ccc(Nc2ccnc3ccc([N+](=O)[O-])cc23)cn1. The summed E-state index contributed by atoms with van der Waals surface area (Å²) in [7, 11) is 0. The molecule has 2 aromatic heterocycles. The summed E-state index contributed by atoms with van der Waals surface area (Å²) in [4.78, 5) is 29.2. The lowest BCUT2D eigenvalue weighted by atomic mass is 10.1. The Morgan fingerprint density at radius 3 is 2.65 bits per heavy atom. The van der Waals surface area contributed by atoms with Gasteiger partial charge in [-0.25, -0.2) is 9.78 Å². The number of nitro benzene ring substituents is 1. The monoisotopic (exact) mass is 310 g/mol. The number of hydrogen-bond donors (Lipinski definition) is 2. The summed E-state index contributed by atoms with van der Waals surface area (Å²) < 4.78 is 0. The number of carbonyl (C=O) groups is 1. The highest BCUT2D eigenvalue weighted by Crippen LogP contribution is 2.28. The van der Waals surface area contributed by atoms with Crippen LogP contribution in [0.5, 0.6) is 0 Å². The van der Waals surface area contributed by atoms with E-state index in [-0.39, 0.29) is 11.4 Å². The van der Waals surface area contributed by atoms with E-state index in [0.717, 1.165) is 0 Å². The molecular weight excluding hydrogens is 300 g/mol. The number of benzene rings is 1. The van der Waals surface area contributed by atoms with Crippen LogP contribution in [0.2, 0.25) is 0 Å². The molecule has 2 N–H and O–H groups in total. The van der Waals surface area contributed by atoms with E-state index in [4.69, 9.17) is 5.11 Å². The Kier molecular flexibility index (Phi) is 3.55. The van der Waals surface area contributed by atoms with Crippen LogP contribution >= 0.6 is 0 Å².